The molecule has 2 amide bonds. The molecule has 2 unspecified atom stereocenters. The third kappa shape index (κ3) is 8.38. The van der Waals surface area contributed by atoms with E-state index < -0.39 is 44.4 Å². The van der Waals surface area contributed by atoms with E-state index in [9.17, 15) is 41.1 Å². The number of imide groups is 1. The summed E-state index contributed by atoms with van der Waals surface area (Å²) in [5.41, 5.74) is 1.09. The lowest BCUT2D eigenvalue weighted by Crippen LogP contribution is -2.52. The number of aromatic nitrogens is 4. The summed E-state index contributed by atoms with van der Waals surface area (Å²) in [7, 11) is -1.89. The molecule has 4 saturated heterocycles. The van der Waals surface area contributed by atoms with E-state index in [1.807, 2.05) is 18.2 Å². The number of amides is 2. The predicted molar refractivity (Wildman–Crippen MR) is 235 cm³/mol. The molecule has 1 aliphatic carbocycles. The first kappa shape index (κ1) is 44.2. The number of halogens is 3. The zero-order chi connectivity index (χ0) is 45.3. The highest BCUT2D eigenvalue weighted by atomic mass is 32.2. The molecule has 2 aromatic carbocycles. The molecular weight excluding hydrogens is 852 g/mol. The molecular formula is C45H56F3N9O6S. The van der Waals surface area contributed by atoms with Crippen LogP contribution in [0.3, 0.4) is 0 Å². The van der Waals surface area contributed by atoms with Crippen LogP contribution in [0.2, 0.25) is 0 Å². The molecule has 4 aromatic rings. The van der Waals surface area contributed by atoms with Crippen molar-refractivity contribution in [1.29, 1.82) is 0 Å². The number of benzene rings is 2. The van der Waals surface area contributed by atoms with Crippen molar-refractivity contribution in [3.05, 3.63) is 64.2 Å². The smallest absolute Gasteiger partial charge is 0.388 e. The summed E-state index contributed by atoms with van der Waals surface area (Å²) in [6.07, 6.45) is 2.63. The van der Waals surface area contributed by atoms with Gasteiger partial charge in [0.1, 0.15) is 17.4 Å². The number of rotatable bonds is 9. The number of para-hydroxylation sites is 1. The largest absolute Gasteiger partial charge is 0.421 e. The maximum absolute atomic E-state index is 14.0. The van der Waals surface area contributed by atoms with Gasteiger partial charge in [0.2, 0.25) is 17.8 Å². The number of imidazole rings is 1. The lowest BCUT2D eigenvalue weighted by molar-refractivity contribution is -0.138. The Morgan fingerprint density at radius 2 is 1.70 bits per heavy atom. The van der Waals surface area contributed by atoms with E-state index in [2.05, 4.69) is 30.4 Å². The third-order valence-electron chi connectivity index (χ3n) is 14.6. The van der Waals surface area contributed by atoms with E-state index in [1.165, 1.54) is 15.5 Å². The Kier molecular flexibility index (Phi) is 11.4. The van der Waals surface area contributed by atoms with Crippen LogP contribution < -0.4 is 26.1 Å². The molecule has 344 valence electrons. The number of likely N-dealkylation sites (tertiary alicyclic amines) is 1. The Morgan fingerprint density at radius 1 is 0.969 bits per heavy atom. The number of carbonyl (C=O) groups is 2. The van der Waals surface area contributed by atoms with Gasteiger partial charge in [-0.15, -0.1) is 0 Å². The first-order chi connectivity index (χ1) is 30.3. The lowest BCUT2D eigenvalue weighted by Gasteiger charge is -2.52. The highest BCUT2D eigenvalue weighted by molar-refractivity contribution is 7.92. The first-order valence-corrected chi connectivity index (χ1v) is 23.9. The highest BCUT2D eigenvalue weighted by Crippen LogP contribution is 2.53. The summed E-state index contributed by atoms with van der Waals surface area (Å²) in [5, 5.41) is 15.5. The minimum atomic E-state index is -4.69. The van der Waals surface area contributed by atoms with Crippen molar-refractivity contribution in [2.45, 2.75) is 106 Å². The highest BCUT2D eigenvalue weighted by Gasteiger charge is 2.51. The van der Waals surface area contributed by atoms with Gasteiger partial charge in [-0.25, -0.2) is 18.2 Å². The van der Waals surface area contributed by atoms with Crippen LogP contribution in [0.25, 0.3) is 11.0 Å². The Hall–Kier alpha value is -5.01. The molecule has 64 heavy (non-hydrogen) atoms. The van der Waals surface area contributed by atoms with Crippen LogP contribution in [0.15, 0.2) is 52.3 Å². The molecule has 1 saturated carbocycles. The zero-order valence-corrected chi connectivity index (χ0v) is 37.3. The number of carbonyl (C=O) groups excluding carboxylic acids is 2. The molecule has 3 N–H and O–H groups in total. The second kappa shape index (κ2) is 16.5. The van der Waals surface area contributed by atoms with Crippen LogP contribution >= 0.6 is 0 Å². The van der Waals surface area contributed by atoms with Crippen LogP contribution in [-0.4, -0.2) is 106 Å². The second-order valence-corrected chi connectivity index (χ2v) is 21.4. The van der Waals surface area contributed by atoms with Gasteiger partial charge in [0.15, 0.2) is 9.84 Å². The summed E-state index contributed by atoms with van der Waals surface area (Å²) in [6.45, 7) is 8.15. The molecule has 15 nitrogen and oxygen atoms in total. The standard InChI is InChI=1S/C45H56F3N9O6S/c1-28-22-30(8-9-33(28)50-41-49-25-32(45(46,47)48)39(52-41)56-17-5-14-43(2,61)27-56)64(62,63)31-23-44(24-31)15-20-54(21-16-44)26-29-12-18-55(19-13-29)34-6-4-7-35-38(34)53(3)42(60)57(35)36-10-11-37(58)51-40(36)59/h4,6-9,22,25,29,31,36,61H,5,10-21,23-24,26-27H2,1-3H3,(H,49,50,52)(H,51,58,59). The van der Waals surface area contributed by atoms with Gasteiger partial charge in [-0.1, -0.05) is 6.07 Å². The van der Waals surface area contributed by atoms with E-state index in [4.69, 9.17) is 0 Å². The monoisotopic (exact) mass is 907 g/mol. The maximum Gasteiger partial charge on any atom is 0.421 e. The van der Waals surface area contributed by atoms with E-state index in [0.29, 0.717) is 54.9 Å². The summed E-state index contributed by atoms with van der Waals surface area (Å²) in [6, 6.07) is 9.83. The number of alkyl halides is 3. The quantitative estimate of drug-likeness (QED) is 0.181. The number of piperidine rings is 4. The van der Waals surface area contributed by atoms with E-state index >= 15 is 0 Å². The van der Waals surface area contributed by atoms with Crippen molar-refractivity contribution >= 4 is 55.8 Å². The number of fused-ring (bicyclic) bond motifs is 1. The fraction of sp³-hybridized carbons (Fsp3) is 0.578. The number of sulfone groups is 1. The van der Waals surface area contributed by atoms with Crippen molar-refractivity contribution in [1.82, 2.24) is 29.3 Å². The molecule has 1 spiro atoms. The topological polar surface area (TPSA) is 175 Å². The maximum atomic E-state index is 14.0. The van der Waals surface area contributed by atoms with E-state index in [0.717, 1.165) is 75.8 Å². The van der Waals surface area contributed by atoms with Gasteiger partial charge >= 0.3 is 11.9 Å². The molecule has 0 radical (unpaired) electrons. The molecule has 5 aliphatic rings. The molecule has 5 fully saturated rings. The summed E-state index contributed by atoms with van der Waals surface area (Å²) in [5.74, 6) is -0.630. The van der Waals surface area contributed by atoms with Crippen molar-refractivity contribution in [3.63, 3.8) is 0 Å². The van der Waals surface area contributed by atoms with Crippen molar-refractivity contribution < 1.29 is 36.3 Å². The van der Waals surface area contributed by atoms with Crippen LogP contribution in [0.5, 0.6) is 0 Å². The minimum Gasteiger partial charge on any atom is -0.388 e. The van der Waals surface area contributed by atoms with Gasteiger partial charge in [-0.3, -0.25) is 24.0 Å². The Balaban J connectivity index is 0.778. The number of hydrogen-bond donors (Lipinski definition) is 3. The predicted octanol–water partition coefficient (Wildman–Crippen LogP) is 5.46. The molecule has 9 rings (SSSR count). The number of hydrogen-bond acceptors (Lipinski definition) is 12. The summed E-state index contributed by atoms with van der Waals surface area (Å²) >= 11 is 0. The average molecular weight is 908 g/mol. The number of nitrogens with zero attached hydrogens (tertiary/aromatic N) is 7. The van der Waals surface area contributed by atoms with Crippen LogP contribution in [0.1, 0.15) is 88.3 Å². The summed E-state index contributed by atoms with van der Waals surface area (Å²) in [4.78, 5) is 52.7. The molecule has 6 heterocycles. The second-order valence-electron chi connectivity index (χ2n) is 19.2. The fourth-order valence-electron chi connectivity index (χ4n) is 10.9. The molecule has 19 heteroatoms. The van der Waals surface area contributed by atoms with Crippen molar-refractivity contribution in [2.75, 3.05) is 60.9 Å². The van der Waals surface area contributed by atoms with Crippen molar-refractivity contribution in [2.24, 2.45) is 18.4 Å². The number of aryl methyl sites for hydroxylation is 2. The molecule has 2 atom stereocenters. The minimum absolute atomic E-state index is 0.000929. The fourth-order valence-corrected chi connectivity index (χ4v) is 13.0. The number of anilines is 4. The van der Waals surface area contributed by atoms with Gasteiger partial charge in [0, 0.05) is 58.1 Å². The zero-order valence-electron chi connectivity index (χ0n) is 36.5. The molecule has 2 aromatic heterocycles. The van der Waals surface area contributed by atoms with Gasteiger partial charge in [-0.2, -0.15) is 18.2 Å². The van der Waals surface area contributed by atoms with Gasteiger partial charge in [0.05, 0.1) is 32.5 Å². The lowest BCUT2D eigenvalue weighted by atomic mass is 9.63. The van der Waals surface area contributed by atoms with Gasteiger partial charge in [0.25, 0.3) is 0 Å². The average Bonchev–Trinajstić information content (AvgIpc) is 3.49. The Morgan fingerprint density at radius 3 is 2.38 bits per heavy atom. The summed E-state index contributed by atoms with van der Waals surface area (Å²) < 4.78 is 72.9. The Bertz CT molecular complexity index is 2640. The number of β-amino-alcohol motifs (C(OH)–C–C–N with tert-alkyl or cyclic N) is 1. The Labute approximate surface area is 369 Å². The third-order valence-corrected chi connectivity index (χ3v) is 16.7. The molecule has 0 bridgehead atoms. The van der Waals surface area contributed by atoms with Crippen LogP contribution in [-0.2, 0) is 32.7 Å². The van der Waals surface area contributed by atoms with Gasteiger partial charge in [-0.05, 0) is 132 Å². The number of aliphatic hydroxyl groups is 1. The first-order valence-electron chi connectivity index (χ1n) is 22.3. The van der Waals surface area contributed by atoms with E-state index in [-0.39, 0.29) is 53.1 Å². The van der Waals surface area contributed by atoms with E-state index in [1.54, 1.807) is 37.6 Å². The van der Waals surface area contributed by atoms with Crippen LogP contribution in [0, 0.1) is 18.3 Å². The normalized spacial score (nSPS) is 24.0. The van der Waals surface area contributed by atoms with Gasteiger partial charge < -0.3 is 25.1 Å². The number of nitrogens with one attached hydrogen (secondary N) is 2. The molecule has 4 aliphatic heterocycles. The SMILES string of the molecule is Cc1cc(S(=O)(=O)C2CC3(CCN(CC4CCN(c5cccc6c5n(C)c(=O)n6C5CCC(=O)NC5=O)CC4)CC3)C2)ccc1Nc1ncc(C(F)(F)F)c(N2CCCC(C)(O)C2)n1. The van der Waals surface area contributed by atoms with Crippen LogP contribution in [0.4, 0.5) is 36.3 Å². The van der Waals surface area contributed by atoms with Crippen molar-refractivity contribution in [3.8, 4) is 0 Å².